The molecule has 0 aliphatic rings. The zero-order chi connectivity index (χ0) is 25.3. The Hall–Kier alpha value is -4.62. The Balaban J connectivity index is 0.000000509. The molecule has 0 saturated carbocycles. The van der Waals surface area contributed by atoms with Crippen LogP contribution >= 0.6 is 0 Å². The van der Waals surface area contributed by atoms with Crippen LogP contribution in [0.15, 0.2) is 54.7 Å². The number of hydrogen-bond donors (Lipinski definition) is 6. The second-order valence-corrected chi connectivity index (χ2v) is 6.43. The largest absolute Gasteiger partial charge is 0.490 e. The van der Waals surface area contributed by atoms with Gasteiger partial charge in [0.1, 0.15) is 5.82 Å². The molecule has 0 unspecified atom stereocenters. The van der Waals surface area contributed by atoms with Crippen molar-refractivity contribution < 1.29 is 37.1 Å². The second-order valence-electron chi connectivity index (χ2n) is 6.43. The summed E-state index contributed by atoms with van der Waals surface area (Å²) < 4.78 is 45.3. The van der Waals surface area contributed by atoms with Crippen molar-refractivity contribution in [1.29, 1.82) is 0 Å². The predicted octanol–water partition coefficient (Wildman–Crippen LogP) is 3.54. The molecule has 0 spiro atoms. The summed E-state index contributed by atoms with van der Waals surface area (Å²) in [5.74, 6) is -3.91. The first-order chi connectivity index (χ1) is 16.0. The van der Waals surface area contributed by atoms with Crippen molar-refractivity contribution in [1.82, 2.24) is 10.2 Å². The molecule has 14 heteroatoms. The highest BCUT2D eigenvalue weighted by molar-refractivity contribution is 6.00. The molecule has 0 fully saturated rings. The van der Waals surface area contributed by atoms with Gasteiger partial charge in [0.15, 0.2) is 5.69 Å². The number of carboxylic acid groups (broad SMARTS) is 1. The van der Waals surface area contributed by atoms with Gasteiger partial charge >= 0.3 is 18.2 Å². The third kappa shape index (κ3) is 7.81. The van der Waals surface area contributed by atoms with Crippen LogP contribution in [-0.4, -0.2) is 39.4 Å². The molecule has 0 saturated heterocycles. The normalized spacial score (nSPS) is 10.5. The van der Waals surface area contributed by atoms with Crippen LogP contribution in [0.4, 0.5) is 39.4 Å². The molecule has 3 amide bonds. The molecule has 3 rings (SSSR count). The number of H-pyrrole nitrogens is 1. The van der Waals surface area contributed by atoms with Crippen molar-refractivity contribution in [2.24, 2.45) is 5.73 Å². The maximum Gasteiger partial charge on any atom is 0.490 e. The van der Waals surface area contributed by atoms with Crippen LogP contribution in [0.1, 0.15) is 16.1 Å². The molecular formula is C20H18F4N6O4. The lowest BCUT2D eigenvalue weighted by atomic mass is 10.2. The Kier molecular flexibility index (Phi) is 8.53. The molecule has 34 heavy (non-hydrogen) atoms. The molecule has 0 atom stereocenters. The number of hydrogen-bond acceptors (Lipinski definition) is 5. The van der Waals surface area contributed by atoms with Crippen LogP contribution < -0.4 is 21.7 Å². The number of nitrogens with zero attached hydrogens (tertiary/aromatic N) is 1. The van der Waals surface area contributed by atoms with Gasteiger partial charge in [-0.15, -0.1) is 0 Å². The van der Waals surface area contributed by atoms with E-state index in [1.54, 1.807) is 30.3 Å². The summed E-state index contributed by atoms with van der Waals surface area (Å²) in [6, 6.07) is 12.4. The number of aromatic amines is 1. The second kappa shape index (κ2) is 11.3. The van der Waals surface area contributed by atoms with Crippen LogP contribution in [-0.2, 0) is 11.3 Å². The van der Waals surface area contributed by atoms with Gasteiger partial charge in [-0.2, -0.15) is 18.3 Å². The van der Waals surface area contributed by atoms with Gasteiger partial charge in [-0.1, -0.05) is 24.3 Å². The summed E-state index contributed by atoms with van der Waals surface area (Å²) in [6.07, 6.45) is -3.55. The SMILES string of the molecule is NC(=O)c1n[nH]cc1NCc1cccc(NC(=O)Nc2ccccc2F)c1.O=C(O)C(F)(F)F. The van der Waals surface area contributed by atoms with E-state index in [4.69, 9.17) is 15.6 Å². The van der Waals surface area contributed by atoms with E-state index >= 15 is 0 Å². The molecule has 0 radical (unpaired) electrons. The molecule has 0 aliphatic heterocycles. The Labute approximate surface area is 189 Å². The zero-order valence-electron chi connectivity index (χ0n) is 17.1. The zero-order valence-corrected chi connectivity index (χ0v) is 17.1. The van der Waals surface area contributed by atoms with Gasteiger partial charge in [0.2, 0.25) is 0 Å². The number of carboxylic acids is 1. The molecule has 0 aliphatic carbocycles. The average molecular weight is 482 g/mol. The molecule has 0 bridgehead atoms. The monoisotopic (exact) mass is 482 g/mol. The summed E-state index contributed by atoms with van der Waals surface area (Å²) in [5.41, 5.74) is 7.31. The van der Waals surface area contributed by atoms with Crippen LogP contribution in [0.2, 0.25) is 0 Å². The smallest absolute Gasteiger partial charge is 0.475 e. The average Bonchev–Trinajstić information content (AvgIpc) is 3.23. The van der Waals surface area contributed by atoms with E-state index in [1.165, 1.54) is 18.3 Å². The molecule has 3 aromatic rings. The van der Waals surface area contributed by atoms with Crippen molar-refractivity contribution in [3.8, 4) is 0 Å². The van der Waals surface area contributed by atoms with Crippen LogP contribution in [0, 0.1) is 5.82 Å². The van der Waals surface area contributed by atoms with E-state index in [-0.39, 0.29) is 11.4 Å². The van der Waals surface area contributed by atoms with Crippen molar-refractivity contribution in [2.45, 2.75) is 12.7 Å². The number of urea groups is 1. The van der Waals surface area contributed by atoms with Gasteiger partial charge in [-0.25, -0.2) is 14.0 Å². The Morgan fingerprint density at radius 2 is 1.71 bits per heavy atom. The highest BCUT2D eigenvalue weighted by Crippen LogP contribution is 2.17. The fraction of sp³-hybridized carbons (Fsp3) is 0.100. The van der Waals surface area contributed by atoms with E-state index in [2.05, 4.69) is 26.1 Å². The van der Waals surface area contributed by atoms with Gasteiger partial charge in [0.25, 0.3) is 5.91 Å². The summed E-state index contributed by atoms with van der Waals surface area (Å²) >= 11 is 0. The number of carbonyl (C=O) groups excluding carboxylic acids is 2. The summed E-state index contributed by atoms with van der Waals surface area (Å²) in [4.78, 5) is 32.2. The van der Waals surface area contributed by atoms with E-state index < -0.39 is 29.9 Å². The lowest BCUT2D eigenvalue weighted by Crippen LogP contribution is -2.21. The lowest BCUT2D eigenvalue weighted by Gasteiger charge is -2.10. The maximum atomic E-state index is 13.6. The molecular weight excluding hydrogens is 464 g/mol. The minimum atomic E-state index is -5.08. The highest BCUT2D eigenvalue weighted by Gasteiger charge is 2.38. The Morgan fingerprint density at radius 3 is 2.32 bits per heavy atom. The number of amides is 3. The van der Waals surface area contributed by atoms with E-state index in [0.717, 1.165) is 5.56 Å². The number of rotatable bonds is 6. The molecule has 7 N–H and O–H groups in total. The Morgan fingerprint density at radius 1 is 1.03 bits per heavy atom. The van der Waals surface area contributed by atoms with Crippen LogP contribution in [0.25, 0.3) is 0 Å². The first kappa shape index (κ1) is 25.6. The molecule has 1 aromatic heterocycles. The highest BCUT2D eigenvalue weighted by atomic mass is 19.4. The Bertz CT molecular complexity index is 1170. The van der Waals surface area contributed by atoms with Crippen molar-refractivity contribution in [3.63, 3.8) is 0 Å². The molecule has 10 nitrogen and oxygen atoms in total. The maximum absolute atomic E-state index is 13.6. The van der Waals surface area contributed by atoms with Gasteiger partial charge in [0, 0.05) is 18.4 Å². The lowest BCUT2D eigenvalue weighted by molar-refractivity contribution is -0.192. The summed E-state index contributed by atoms with van der Waals surface area (Å²) in [6.45, 7) is 0.379. The minimum Gasteiger partial charge on any atom is -0.475 e. The van der Waals surface area contributed by atoms with Crippen LogP contribution in [0.5, 0.6) is 0 Å². The number of nitrogens with one attached hydrogen (secondary N) is 4. The minimum absolute atomic E-state index is 0.0896. The van der Waals surface area contributed by atoms with Crippen LogP contribution in [0.3, 0.4) is 0 Å². The van der Waals surface area contributed by atoms with Crippen molar-refractivity contribution in [3.05, 3.63) is 71.8 Å². The number of para-hydroxylation sites is 1. The number of primary amides is 1. The summed E-state index contributed by atoms with van der Waals surface area (Å²) in [5, 5.41) is 21.6. The van der Waals surface area contributed by atoms with E-state index in [1.807, 2.05) is 6.07 Å². The third-order valence-corrected chi connectivity index (χ3v) is 3.91. The standard InChI is InChI=1S/C18H17FN6O2.C2HF3O2/c19-13-6-1-2-7-14(13)24-18(27)23-12-5-3-4-11(8-12)9-21-15-10-22-25-16(15)17(20)26;3-2(4,5)1(6)7/h1-8,10,21H,9H2,(H2,20,26)(H,22,25)(H2,23,24,27);(H,6,7). The number of alkyl halides is 3. The number of anilines is 3. The number of carbonyl (C=O) groups is 3. The van der Waals surface area contributed by atoms with Gasteiger partial charge in [-0.3, -0.25) is 9.89 Å². The molecule has 1 heterocycles. The molecule has 180 valence electrons. The summed E-state index contributed by atoms with van der Waals surface area (Å²) in [7, 11) is 0. The predicted molar refractivity (Wildman–Crippen MR) is 114 cm³/mol. The fourth-order valence-electron chi connectivity index (χ4n) is 2.42. The third-order valence-electron chi connectivity index (χ3n) is 3.91. The number of aromatic nitrogens is 2. The number of nitrogens with two attached hydrogens (primary N) is 1. The topological polar surface area (TPSA) is 162 Å². The van der Waals surface area contributed by atoms with E-state index in [9.17, 15) is 27.2 Å². The fourth-order valence-corrected chi connectivity index (χ4v) is 2.42. The van der Waals surface area contributed by atoms with Crippen molar-refractivity contribution >= 4 is 35.0 Å². The van der Waals surface area contributed by atoms with Gasteiger partial charge in [0.05, 0.1) is 11.4 Å². The number of halogens is 4. The van der Waals surface area contributed by atoms with Crippen molar-refractivity contribution in [2.75, 3.05) is 16.0 Å². The first-order valence-electron chi connectivity index (χ1n) is 9.26. The quantitative estimate of drug-likeness (QED) is 0.295. The number of benzene rings is 2. The van der Waals surface area contributed by atoms with E-state index in [0.29, 0.717) is 17.9 Å². The number of aliphatic carboxylic acids is 1. The molecule has 2 aromatic carbocycles. The van der Waals surface area contributed by atoms with Gasteiger partial charge < -0.3 is 26.8 Å². The first-order valence-corrected chi connectivity index (χ1v) is 9.26. The van der Waals surface area contributed by atoms with Gasteiger partial charge in [-0.05, 0) is 29.8 Å².